The van der Waals surface area contributed by atoms with Gasteiger partial charge in [0.1, 0.15) is 17.2 Å². The van der Waals surface area contributed by atoms with E-state index >= 15 is 0 Å². The van der Waals surface area contributed by atoms with Crippen molar-refractivity contribution in [3.05, 3.63) is 29.5 Å². The number of aromatic nitrogens is 4. The molecule has 0 N–H and O–H groups in total. The highest BCUT2D eigenvalue weighted by Gasteiger charge is 2.23. The van der Waals surface area contributed by atoms with Crippen LogP contribution in [0.3, 0.4) is 0 Å². The van der Waals surface area contributed by atoms with Gasteiger partial charge in [-0.15, -0.1) is 0 Å². The summed E-state index contributed by atoms with van der Waals surface area (Å²) in [7, 11) is 3.91. The highest BCUT2D eigenvalue weighted by molar-refractivity contribution is 5.78. The summed E-state index contributed by atoms with van der Waals surface area (Å²) >= 11 is 0. The minimum absolute atomic E-state index is 0.0968. The normalized spacial score (nSPS) is 17.8. The molecule has 0 radical (unpaired) electrons. The van der Waals surface area contributed by atoms with E-state index in [1.54, 1.807) is 6.92 Å². The molecule has 0 unspecified atom stereocenters. The summed E-state index contributed by atoms with van der Waals surface area (Å²) in [4.78, 5) is 25.4. The van der Waals surface area contributed by atoms with Crippen molar-refractivity contribution in [2.75, 3.05) is 32.1 Å². The topological polar surface area (TPSA) is 88.2 Å². The second-order valence-electron chi connectivity index (χ2n) is 7.12. The summed E-state index contributed by atoms with van der Waals surface area (Å²) in [5.74, 6) is 1.49. The van der Waals surface area contributed by atoms with E-state index < -0.39 is 0 Å². The van der Waals surface area contributed by atoms with E-state index in [1.165, 1.54) is 0 Å². The van der Waals surface area contributed by atoms with Crippen LogP contribution in [0.2, 0.25) is 0 Å². The van der Waals surface area contributed by atoms with Crippen LogP contribution in [0.5, 0.6) is 0 Å². The summed E-state index contributed by atoms with van der Waals surface area (Å²) in [6, 6.07) is 0. The van der Waals surface area contributed by atoms with Crippen LogP contribution in [0.25, 0.3) is 0 Å². The van der Waals surface area contributed by atoms with Crippen LogP contribution >= 0.6 is 0 Å². The van der Waals surface area contributed by atoms with E-state index in [-0.39, 0.29) is 12.3 Å². The van der Waals surface area contributed by atoms with Crippen LogP contribution in [-0.2, 0) is 17.6 Å². The molecule has 1 aliphatic heterocycles. The third-order valence-corrected chi connectivity index (χ3v) is 4.91. The number of aryl methyl sites for hydroxylation is 1. The zero-order valence-corrected chi connectivity index (χ0v) is 15.7. The van der Waals surface area contributed by atoms with Gasteiger partial charge in [-0.1, -0.05) is 10.3 Å². The fourth-order valence-electron chi connectivity index (χ4n) is 3.26. The minimum atomic E-state index is 0.0968. The number of hydrogen-bond acceptors (Lipinski definition) is 7. The number of rotatable bonds is 5. The van der Waals surface area contributed by atoms with Gasteiger partial charge >= 0.3 is 0 Å². The molecule has 1 amide bonds. The summed E-state index contributed by atoms with van der Waals surface area (Å²) < 4.78 is 4.68. The fraction of sp³-hybridized carbons (Fsp3) is 0.611. The maximum absolute atomic E-state index is 12.5. The van der Waals surface area contributed by atoms with Gasteiger partial charge in [-0.25, -0.2) is 9.61 Å². The summed E-state index contributed by atoms with van der Waals surface area (Å²) in [6.45, 7) is 3.38. The molecule has 0 aliphatic carbocycles. The number of hydrogen-bond donors (Lipinski definition) is 0. The van der Waals surface area contributed by atoms with E-state index in [0.717, 1.165) is 50.3 Å². The molecule has 8 heteroatoms. The van der Waals surface area contributed by atoms with Gasteiger partial charge in [0.05, 0.1) is 24.5 Å². The van der Waals surface area contributed by atoms with Crippen molar-refractivity contribution < 1.29 is 9.42 Å². The Morgan fingerprint density at radius 3 is 2.73 bits per heavy atom. The van der Waals surface area contributed by atoms with Gasteiger partial charge in [0, 0.05) is 27.2 Å². The van der Waals surface area contributed by atoms with Crippen LogP contribution in [-0.4, -0.2) is 58.3 Å². The molecule has 1 aliphatic rings. The van der Waals surface area contributed by atoms with Gasteiger partial charge in [0.15, 0.2) is 0 Å². The largest absolute Gasteiger partial charge is 0.361 e. The maximum atomic E-state index is 12.5. The quantitative estimate of drug-likeness (QED) is 0.803. The maximum Gasteiger partial charge on any atom is 0.228 e. The molecular formula is C18H26N6O2. The third kappa shape index (κ3) is 4.56. The first-order valence-electron chi connectivity index (χ1n) is 9.07. The van der Waals surface area contributed by atoms with Gasteiger partial charge in [-0.05, 0) is 38.5 Å². The van der Waals surface area contributed by atoms with E-state index in [0.29, 0.717) is 17.3 Å². The Labute approximate surface area is 153 Å². The van der Waals surface area contributed by atoms with Crippen LogP contribution in [0.15, 0.2) is 17.0 Å². The second kappa shape index (κ2) is 8.25. The summed E-state index contributed by atoms with van der Waals surface area (Å²) in [6.07, 6.45) is 7.95. The molecule has 3 rings (SSSR count). The third-order valence-electron chi connectivity index (χ3n) is 4.91. The zero-order chi connectivity index (χ0) is 18.5. The van der Waals surface area contributed by atoms with Gasteiger partial charge < -0.3 is 9.80 Å². The number of amides is 1. The Morgan fingerprint density at radius 2 is 2.08 bits per heavy atom. The standard InChI is InChI=1S/C18H26N6O2/c1-13-16(22-26-21-13)10-18(25)24-7-4-5-14(6-8-24)9-15-11-20-17(12-19-15)23(2)3/h11-12,14H,4-10H2,1-3H3/t14-/m0/s1. The van der Waals surface area contributed by atoms with Crippen molar-refractivity contribution >= 4 is 11.7 Å². The Morgan fingerprint density at radius 1 is 1.23 bits per heavy atom. The van der Waals surface area contributed by atoms with E-state index in [4.69, 9.17) is 0 Å². The van der Waals surface area contributed by atoms with Crippen molar-refractivity contribution in [3.8, 4) is 0 Å². The number of carbonyl (C=O) groups excluding carboxylic acids is 1. The smallest absolute Gasteiger partial charge is 0.228 e. The average Bonchev–Trinajstić information content (AvgIpc) is 2.88. The van der Waals surface area contributed by atoms with Crippen LogP contribution < -0.4 is 4.90 Å². The van der Waals surface area contributed by atoms with Crippen molar-refractivity contribution in [1.82, 2.24) is 25.2 Å². The highest BCUT2D eigenvalue weighted by atomic mass is 16.6. The van der Waals surface area contributed by atoms with Crippen LogP contribution in [0.4, 0.5) is 5.82 Å². The summed E-state index contributed by atoms with van der Waals surface area (Å²) in [5, 5.41) is 7.55. The molecule has 3 heterocycles. The SMILES string of the molecule is Cc1nonc1CC(=O)N1CCC[C@H](Cc2cnc(N(C)C)cn2)CC1. The van der Waals surface area contributed by atoms with Crippen LogP contribution in [0.1, 0.15) is 36.3 Å². The molecule has 1 saturated heterocycles. The molecule has 2 aromatic rings. The lowest BCUT2D eigenvalue weighted by Crippen LogP contribution is -2.33. The predicted molar refractivity (Wildman–Crippen MR) is 96.7 cm³/mol. The number of likely N-dealkylation sites (tertiary alicyclic amines) is 1. The van der Waals surface area contributed by atoms with E-state index in [1.807, 2.05) is 36.3 Å². The molecule has 1 atom stereocenters. The monoisotopic (exact) mass is 358 g/mol. The van der Waals surface area contributed by atoms with Crippen molar-refractivity contribution in [2.45, 2.75) is 39.0 Å². The predicted octanol–water partition coefficient (Wildman–Crippen LogP) is 1.65. The van der Waals surface area contributed by atoms with Crippen molar-refractivity contribution in [2.24, 2.45) is 5.92 Å². The molecule has 0 aromatic carbocycles. The van der Waals surface area contributed by atoms with Crippen LogP contribution in [0, 0.1) is 12.8 Å². The molecular weight excluding hydrogens is 332 g/mol. The van der Waals surface area contributed by atoms with Gasteiger partial charge in [-0.2, -0.15) is 0 Å². The highest BCUT2D eigenvalue weighted by Crippen LogP contribution is 2.22. The molecule has 0 saturated carbocycles. The van der Waals surface area contributed by atoms with E-state index in [2.05, 4.69) is 24.9 Å². The van der Waals surface area contributed by atoms with Gasteiger partial charge in [0.25, 0.3) is 0 Å². The number of nitrogens with zero attached hydrogens (tertiary/aromatic N) is 6. The molecule has 0 bridgehead atoms. The number of anilines is 1. The fourth-order valence-corrected chi connectivity index (χ4v) is 3.26. The zero-order valence-electron chi connectivity index (χ0n) is 15.7. The lowest BCUT2D eigenvalue weighted by Gasteiger charge is -2.20. The molecule has 2 aromatic heterocycles. The molecule has 0 spiro atoms. The van der Waals surface area contributed by atoms with Gasteiger partial charge in [-0.3, -0.25) is 9.78 Å². The Kier molecular flexibility index (Phi) is 5.80. The molecule has 140 valence electrons. The lowest BCUT2D eigenvalue weighted by molar-refractivity contribution is -0.130. The van der Waals surface area contributed by atoms with Crippen molar-refractivity contribution in [1.29, 1.82) is 0 Å². The molecule has 26 heavy (non-hydrogen) atoms. The minimum Gasteiger partial charge on any atom is -0.361 e. The summed E-state index contributed by atoms with van der Waals surface area (Å²) in [5.41, 5.74) is 2.34. The first-order chi connectivity index (χ1) is 12.5. The second-order valence-corrected chi connectivity index (χ2v) is 7.12. The molecule has 8 nitrogen and oxygen atoms in total. The van der Waals surface area contributed by atoms with E-state index in [9.17, 15) is 4.79 Å². The Balaban J connectivity index is 1.53. The first kappa shape index (κ1) is 18.3. The first-order valence-corrected chi connectivity index (χ1v) is 9.07. The van der Waals surface area contributed by atoms with Crippen molar-refractivity contribution in [3.63, 3.8) is 0 Å². The van der Waals surface area contributed by atoms with Gasteiger partial charge in [0.2, 0.25) is 5.91 Å². The average molecular weight is 358 g/mol. The Hall–Kier alpha value is -2.51. The number of carbonyl (C=O) groups is 1. The Bertz CT molecular complexity index is 728. The molecule has 1 fully saturated rings. The lowest BCUT2D eigenvalue weighted by atomic mass is 9.95.